The average molecular weight is 254 g/mol. The molecule has 2 N–H and O–H groups in total. The van der Waals surface area contributed by atoms with E-state index in [9.17, 15) is 0 Å². The quantitative estimate of drug-likeness (QED) is 0.739. The van der Waals surface area contributed by atoms with E-state index in [1.165, 1.54) is 38.9 Å². The van der Waals surface area contributed by atoms with Gasteiger partial charge in [-0.2, -0.15) is 0 Å². The average Bonchev–Trinajstić information content (AvgIpc) is 2.28. The molecular weight excluding hydrogens is 224 g/mol. The van der Waals surface area contributed by atoms with Crippen LogP contribution in [0.1, 0.15) is 46.0 Å². The number of rotatable bonds is 6. The Kier molecular flexibility index (Phi) is 5.46. The summed E-state index contributed by atoms with van der Waals surface area (Å²) < 4.78 is 5.94. The predicted molar refractivity (Wildman–Crippen MR) is 75.6 cm³/mol. The molecule has 0 amide bonds. The number of likely N-dealkylation sites (tertiary alicyclic amines) is 1. The van der Waals surface area contributed by atoms with Gasteiger partial charge in [-0.25, -0.2) is 0 Å². The van der Waals surface area contributed by atoms with Crippen molar-refractivity contribution in [2.45, 2.75) is 58.1 Å². The zero-order chi connectivity index (χ0) is 13.0. The minimum atomic E-state index is 0.430. The Labute approximate surface area is 112 Å². The maximum Gasteiger partial charge on any atom is 0.0576 e. The van der Waals surface area contributed by atoms with Gasteiger partial charge in [0, 0.05) is 32.3 Å². The van der Waals surface area contributed by atoms with Crippen molar-refractivity contribution < 1.29 is 4.74 Å². The van der Waals surface area contributed by atoms with Crippen molar-refractivity contribution in [3.05, 3.63) is 0 Å². The second-order valence-electron chi connectivity index (χ2n) is 6.52. The van der Waals surface area contributed by atoms with E-state index in [1.807, 2.05) is 0 Å². The molecule has 18 heavy (non-hydrogen) atoms. The Hall–Kier alpha value is -0.120. The third-order valence-corrected chi connectivity index (χ3v) is 4.62. The third kappa shape index (κ3) is 4.22. The second-order valence-corrected chi connectivity index (χ2v) is 6.52. The molecule has 2 rings (SSSR count). The highest BCUT2D eigenvalue weighted by molar-refractivity contribution is 4.81. The molecule has 0 atom stereocenters. The number of hydrogen-bond acceptors (Lipinski definition) is 3. The number of ether oxygens (including phenoxy) is 1. The van der Waals surface area contributed by atoms with E-state index in [1.54, 1.807) is 0 Å². The molecule has 0 unspecified atom stereocenters. The highest BCUT2D eigenvalue weighted by atomic mass is 16.5. The first-order chi connectivity index (χ1) is 8.65. The van der Waals surface area contributed by atoms with Crippen LogP contribution in [0.2, 0.25) is 0 Å². The fourth-order valence-corrected chi connectivity index (χ4v) is 3.01. The van der Waals surface area contributed by atoms with Crippen molar-refractivity contribution in [2.24, 2.45) is 17.6 Å². The molecule has 0 spiro atoms. The highest BCUT2D eigenvalue weighted by Gasteiger charge is 2.28. The van der Waals surface area contributed by atoms with E-state index in [-0.39, 0.29) is 0 Å². The molecule has 2 aliphatic rings. The summed E-state index contributed by atoms with van der Waals surface area (Å²) in [6, 6.07) is 0.430. The van der Waals surface area contributed by atoms with E-state index < -0.39 is 0 Å². The zero-order valence-electron chi connectivity index (χ0n) is 12.1. The minimum absolute atomic E-state index is 0.430. The molecule has 0 aromatic carbocycles. The van der Waals surface area contributed by atoms with Crippen molar-refractivity contribution in [2.75, 3.05) is 26.2 Å². The minimum Gasteiger partial charge on any atom is -0.378 e. The molecule has 1 aliphatic carbocycles. The molecule has 0 aromatic rings. The summed E-state index contributed by atoms with van der Waals surface area (Å²) in [4.78, 5) is 2.56. The molecular formula is C15H30N2O. The molecule has 2 fully saturated rings. The van der Waals surface area contributed by atoms with Crippen LogP contribution in [0.4, 0.5) is 0 Å². The Balaban J connectivity index is 1.45. The van der Waals surface area contributed by atoms with Gasteiger partial charge in [-0.3, -0.25) is 0 Å². The molecule has 0 bridgehead atoms. The number of nitrogens with zero attached hydrogens (tertiary/aromatic N) is 1. The molecule has 0 aromatic heterocycles. The molecule has 1 heterocycles. The van der Waals surface area contributed by atoms with Gasteiger partial charge >= 0.3 is 0 Å². The maximum absolute atomic E-state index is 5.94. The zero-order valence-corrected chi connectivity index (χ0v) is 12.1. The van der Waals surface area contributed by atoms with Crippen LogP contribution in [0, 0.1) is 11.8 Å². The Morgan fingerprint density at radius 1 is 1.17 bits per heavy atom. The lowest BCUT2D eigenvalue weighted by Gasteiger charge is -2.41. The van der Waals surface area contributed by atoms with Crippen molar-refractivity contribution in [1.82, 2.24) is 4.90 Å². The lowest BCUT2D eigenvalue weighted by molar-refractivity contribution is 0.00956. The van der Waals surface area contributed by atoms with Crippen molar-refractivity contribution in [1.29, 1.82) is 0 Å². The van der Waals surface area contributed by atoms with Gasteiger partial charge in [-0.15, -0.1) is 0 Å². The Bertz CT molecular complexity index is 231. The molecule has 1 saturated heterocycles. The van der Waals surface area contributed by atoms with Gasteiger partial charge in [-0.1, -0.05) is 13.8 Å². The first kappa shape index (κ1) is 14.3. The largest absolute Gasteiger partial charge is 0.378 e. The van der Waals surface area contributed by atoms with Gasteiger partial charge in [0.15, 0.2) is 0 Å². The third-order valence-electron chi connectivity index (χ3n) is 4.62. The second kappa shape index (κ2) is 6.88. The first-order valence-corrected chi connectivity index (χ1v) is 7.74. The summed E-state index contributed by atoms with van der Waals surface area (Å²) in [5, 5.41) is 0. The molecule has 3 heteroatoms. The number of hydrogen-bond donors (Lipinski definition) is 1. The fraction of sp³-hybridized carbons (Fsp3) is 1.00. The smallest absolute Gasteiger partial charge is 0.0576 e. The topological polar surface area (TPSA) is 38.5 Å². The first-order valence-electron chi connectivity index (χ1n) is 7.74. The van der Waals surface area contributed by atoms with Crippen LogP contribution in [-0.4, -0.2) is 43.3 Å². The summed E-state index contributed by atoms with van der Waals surface area (Å²) in [5.74, 6) is 1.79. The number of nitrogens with two attached hydrogens (primary N) is 1. The van der Waals surface area contributed by atoms with Gasteiger partial charge < -0.3 is 15.4 Å². The van der Waals surface area contributed by atoms with Crippen molar-refractivity contribution >= 4 is 0 Å². The highest BCUT2D eigenvalue weighted by Crippen LogP contribution is 2.23. The van der Waals surface area contributed by atoms with Gasteiger partial charge in [0.05, 0.1) is 6.10 Å². The summed E-state index contributed by atoms with van der Waals surface area (Å²) in [6.45, 7) is 9.42. The molecule has 1 saturated carbocycles. The summed E-state index contributed by atoms with van der Waals surface area (Å²) in [6.07, 6.45) is 6.30. The van der Waals surface area contributed by atoms with Gasteiger partial charge in [0.25, 0.3) is 0 Å². The maximum atomic E-state index is 5.94. The lowest BCUT2D eigenvalue weighted by atomic mass is 9.88. The lowest BCUT2D eigenvalue weighted by Crippen LogP contribution is -2.49. The van der Waals surface area contributed by atoms with Crippen LogP contribution in [0.25, 0.3) is 0 Å². The fourth-order valence-electron chi connectivity index (χ4n) is 3.01. The van der Waals surface area contributed by atoms with Crippen LogP contribution < -0.4 is 5.73 Å². The van der Waals surface area contributed by atoms with Crippen molar-refractivity contribution in [3.63, 3.8) is 0 Å². The van der Waals surface area contributed by atoms with E-state index in [2.05, 4.69) is 18.7 Å². The van der Waals surface area contributed by atoms with Gasteiger partial charge in [0.1, 0.15) is 0 Å². The standard InChI is InChI=1S/C15H30N2O/c1-12(2)13-10-17(11-13)8-3-9-18-15-6-4-14(16)5-7-15/h12-15H,3-11,16H2,1-2H3. The van der Waals surface area contributed by atoms with E-state index in [0.29, 0.717) is 12.1 Å². The normalized spacial score (nSPS) is 30.7. The van der Waals surface area contributed by atoms with Gasteiger partial charge in [-0.05, 0) is 43.9 Å². The summed E-state index contributed by atoms with van der Waals surface area (Å²) in [7, 11) is 0. The van der Waals surface area contributed by atoms with Crippen LogP contribution in [0.5, 0.6) is 0 Å². The molecule has 3 nitrogen and oxygen atoms in total. The van der Waals surface area contributed by atoms with E-state index in [0.717, 1.165) is 31.3 Å². The van der Waals surface area contributed by atoms with E-state index in [4.69, 9.17) is 10.5 Å². The Morgan fingerprint density at radius 2 is 1.83 bits per heavy atom. The SMILES string of the molecule is CC(C)C1CN(CCCOC2CCC(N)CC2)C1. The molecule has 0 radical (unpaired) electrons. The summed E-state index contributed by atoms with van der Waals surface area (Å²) in [5.41, 5.74) is 5.89. The van der Waals surface area contributed by atoms with Crippen LogP contribution >= 0.6 is 0 Å². The van der Waals surface area contributed by atoms with Crippen LogP contribution in [0.15, 0.2) is 0 Å². The molecule has 1 aliphatic heterocycles. The van der Waals surface area contributed by atoms with E-state index >= 15 is 0 Å². The van der Waals surface area contributed by atoms with Gasteiger partial charge in [0.2, 0.25) is 0 Å². The summed E-state index contributed by atoms with van der Waals surface area (Å²) >= 11 is 0. The Morgan fingerprint density at radius 3 is 2.44 bits per heavy atom. The van der Waals surface area contributed by atoms with Crippen molar-refractivity contribution in [3.8, 4) is 0 Å². The monoisotopic (exact) mass is 254 g/mol. The predicted octanol–water partition coefficient (Wildman–Crippen LogP) is 2.25. The molecule has 106 valence electrons. The van der Waals surface area contributed by atoms with Crippen LogP contribution in [-0.2, 0) is 4.74 Å². The van der Waals surface area contributed by atoms with Crippen LogP contribution in [0.3, 0.4) is 0 Å².